The smallest absolute Gasteiger partial charge is 0.125 e. The lowest BCUT2D eigenvalue weighted by Gasteiger charge is -2.12. The normalized spacial score (nSPS) is 13.8. The maximum atomic E-state index is 10.3. The van der Waals surface area contributed by atoms with Crippen molar-refractivity contribution >= 4 is 10.9 Å². The molecule has 2 nitrogen and oxygen atoms in total. The highest BCUT2D eigenvalue weighted by molar-refractivity contribution is 5.91. The summed E-state index contributed by atoms with van der Waals surface area (Å²) < 4.78 is 2.36. The summed E-state index contributed by atoms with van der Waals surface area (Å²) in [5.41, 5.74) is 6.51. The van der Waals surface area contributed by atoms with Gasteiger partial charge in [-0.05, 0) is 55.0 Å². The van der Waals surface area contributed by atoms with E-state index in [0.29, 0.717) is 5.75 Å². The predicted molar refractivity (Wildman–Crippen MR) is 85.9 cm³/mol. The van der Waals surface area contributed by atoms with E-state index in [1.54, 1.807) is 0 Å². The van der Waals surface area contributed by atoms with Gasteiger partial charge in [-0.3, -0.25) is 0 Å². The molecule has 0 fully saturated rings. The first kappa shape index (κ1) is 12.5. The van der Waals surface area contributed by atoms with Crippen LogP contribution < -0.4 is 0 Å². The third kappa shape index (κ3) is 1.94. The van der Waals surface area contributed by atoms with Crippen LogP contribution >= 0.6 is 0 Å². The Morgan fingerprint density at radius 3 is 2.71 bits per heavy atom. The van der Waals surface area contributed by atoms with Gasteiger partial charge < -0.3 is 9.67 Å². The Bertz CT molecular complexity index is 815. The average Bonchev–Trinajstić information content (AvgIpc) is 3.06. The molecule has 0 saturated carbocycles. The first-order valence-corrected chi connectivity index (χ1v) is 7.61. The summed E-state index contributed by atoms with van der Waals surface area (Å²) in [6, 6.07) is 14.6. The van der Waals surface area contributed by atoms with Crippen LogP contribution in [0.2, 0.25) is 0 Å². The molecule has 0 aliphatic heterocycles. The van der Waals surface area contributed by atoms with Crippen LogP contribution in [-0.4, -0.2) is 9.67 Å². The van der Waals surface area contributed by atoms with Gasteiger partial charge in [0.15, 0.2) is 0 Å². The molecule has 0 atom stereocenters. The SMILES string of the molecule is Cc1cc2c(O)cc3c(c2n1Cc1ccccc1)CCC3. The van der Waals surface area contributed by atoms with Crippen LogP contribution in [0.25, 0.3) is 10.9 Å². The van der Waals surface area contributed by atoms with Gasteiger partial charge in [0.2, 0.25) is 0 Å². The molecule has 1 N–H and O–H groups in total. The van der Waals surface area contributed by atoms with Crippen molar-refractivity contribution in [1.82, 2.24) is 4.57 Å². The molecule has 0 radical (unpaired) electrons. The molecule has 21 heavy (non-hydrogen) atoms. The number of benzene rings is 2. The largest absolute Gasteiger partial charge is 0.507 e. The van der Waals surface area contributed by atoms with E-state index < -0.39 is 0 Å². The van der Waals surface area contributed by atoms with Gasteiger partial charge in [-0.2, -0.15) is 0 Å². The number of aromatic nitrogens is 1. The summed E-state index contributed by atoms with van der Waals surface area (Å²) in [7, 11) is 0. The molecule has 106 valence electrons. The van der Waals surface area contributed by atoms with Crippen LogP contribution in [0.3, 0.4) is 0 Å². The summed E-state index contributed by atoms with van der Waals surface area (Å²) in [5.74, 6) is 0.431. The minimum atomic E-state index is 0.431. The van der Waals surface area contributed by atoms with Gasteiger partial charge in [0.25, 0.3) is 0 Å². The minimum absolute atomic E-state index is 0.431. The number of phenolic OH excluding ortho intramolecular Hbond substituents is 1. The molecule has 3 aromatic rings. The van der Waals surface area contributed by atoms with E-state index in [9.17, 15) is 5.11 Å². The van der Waals surface area contributed by atoms with E-state index in [0.717, 1.165) is 24.8 Å². The van der Waals surface area contributed by atoms with Crippen LogP contribution in [0, 0.1) is 6.92 Å². The highest BCUT2D eigenvalue weighted by Crippen LogP contribution is 2.37. The Labute approximate surface area is 124 Å². The molecule has 1 aliphatic rings. The van der Waals surface area contributed by atoms with Gasteiger partial charge in [0, 0.05) is 17.6 Å². The number of hydrogen-bond acceptors (Lipinski definition) is 1. The van der Waals surface area contributed by atoms with Gasteiger partial charge in [-0.25, -0.2) is 0 Å². The van der Waals surface area contributed by atoms with E-state index in [4.69, 9.17) is 0 Å². The molecule has 0 amide bonds. The zero-order valence-corrected chi connectivity index (χ0v) is 12.3. The third-order valence-corrected chi connectivity index (χ3v) is 4.62. The van der Waals surface area contributed by atoms with Crippen molar-refractivity contribution in [3.8, 4) is 5.75 Å². The molecule has 2 aromatic carbocycles. The van der Waals surface area contributed by atoms with E-state index in [1.165, 1.54) is 34.3 Å². The summed E-state index contributed by atoms with van der Waals surface area (Å²) >= 11 is 0. The Morgan fingerprint density at radius 1 is 1.10 bits per heavy atom. The Morgan fingerprint density at radius 2 is 1.90 bits per heavy atom. The molecule has 1 aromatic heterocycles. The molecule has 1 heterocycles. The Hall–Kier alpha value is -2.22. The number of fused-ring (bicyclic) bond motifs is 3. The van der Waals surface area contributed by atoms with Crippen molar-refractivity contribution in [2.45, 2.75) is 32.7 Å². The Kier molecular flexibility index (Phi) is 2.78. The van der Waals surface area contributed by atoms with Gasteiger partial charge in [0.05, 0.1) is 5.52 Å². The van der Waals surface area contributed by atoms with Crippen LogP contribution in [0.4, 0.5) is 0 Å². The quantitative estimate of drug-likeness (QED) is 0.746. The van der Waals surface area contributed by atoms with E-state index in [1.807, 2.05) is 12.1 Å². The number of phenols is 1. The summed E-state index contributed by atoms with van der Waals surface area (Å²) in [4.78, 5) is 0. The lowest BCUT2D eigenvalue weighted by atomic mass is 10.1. The Balaban J connectivity index is 1.94. The molecule has 2 heteroatoms. The van der Waals surface area contributed by atoms with Gasteiger partial charge >= 0.3 is 0 Å². The summed E-state index contributed by atoms with van der Waals surface area (Å²) in [6.45, 7) is 3.00. The van der Waals surface area contributed by atoms with Crippen LogP contribution in [0.1, 0.15) is 28.8 Å². The zero-order chi connectivity index (χ0) is 14.4. The number of aryl methyl sites for hydroxylation is 3. The molecule has 0 saturated heterocycles. The van der Waals surface area contributed by atoms with Crippen LogP contribution in [-0.2, 0) is 19.4 Å². The topological polar surface area (TPSA) is 25.2 Å². The number of aromatic hydroxyl groups is 1. The van der Waals surface area contributed by atoms with Crippen LogP contribution in [0.5, 0.6) is 5.75 Å². The van der Waals surface area contributed by atoms with Crippen molar-refractivity contribution in [3.63, 3.8) is 0 Å². The highest BCUT2D eigenvalue weighted by atomic mass is 16.3. The van der Waals surface area contributed by atoms with Crippen molar-refractivity contribution < 1.29 is 5.11 Å². The van der Waals surface area contributed by atoms with E-state index >= 15 is 0 Å². The van der Waals surface area contributed by atoms with Crippen molar-refractivity contribution in [2.75, 3.05) is 0 Å². The summed E-state index contributed by atoms with van der Waals surface area (Å²) in [6.07, 6.45) is 3.42. The monoisotopic (exact) mass is 277 g/mol. The molecule has 1 aliphatic carbocycles. The third-order valence-electron chi connectivity index (χ3n) is 4.62. The van der Waals surface area contributed by atoms with Crippen LogP contribution in [0.15, 0.2) is 42.5 Å². The maximum absolute atomic E-state index is 10.3. The fraction of sp³-hybridized carbons (Fsp3) is 0.263. The average molecular weight is 277 g/mol. The molecule has 4 rings (SSSR count). The van der Waals surface area contributed by atoms with Gasteiger partial charge in [-0.15, -0.1) is 0 Å². The second-order valence-corrected chi connectivity index (χ2v) is 6.01. The molecule has 0 bridgehead atoms. The second-order valence-electron chi connectivity index (χ2n) is 6.01. The predicted octanol–water partition coefficient (Wildman–Crippen LogP) is 4.19. The maximum Gasteiger partial charge on any atom is 0.125 e. The number of nitrogens with zero attached hydrogens (tertiary/aromatic N) is 1. The fourth-order valence-corrected chi connectivity index (χ4v) is 3.61. The summed E-state index contributed by atoms with van der Waals surface area (Å²) in [5, 5.41) is 11.3. The van der Waals surface area contributed by atoms with E-state index in [2.05, 4.69) is 41.8 Å². The molecular formula is C19H19NO. The second kappa shape index (κ2) is 4.66. The molecule has 0 spiro atoms. The first-order valence-electron chi connectivity index (χ1n) is 7.61. The van der Waals surface area contributed by atoms with E-state index in [-0.39, 0.29) is 0 Å². The first-order chi connectivity index (χ1) is 10.2. The molecular weight excluding hydrogens is 258 g/mol. The molecule has 0 unspecified atom stereocenters. The lowest BCUT2D eigenvalue weighted by Crippen LogP contribution is -2.03. The van der Waals surface area contributed by atoms with Crippen molar-refractivity contribution in [2.24, 2.45) is 0 Å². The zero-order valence-electron chi connectivity index (χ0n) is 12.3. The highest BCUT2D eigenvalue weighted by Gasteiger charge is 2.20. The van der Waals surface area contributed by atoms with Gasteiger partial charge in [-0.1, -0.05) is 30.3 Å². The number of hydrogen-bond donors (Lipinski definition) is 1. The fourth-order valence-electron chi connectivity index (χ4n) is 3.61. The number of rotatable bonds is 2. The van der Waals surface area contributed by atoms with Crippen molar-refractivity contribution in [3.05, 3.63) is 64.8 Å². The lowest BCUT2D eigenvalue weighted by molar-refractivity contribution is 0.481. The minimum Gasteiger partial charge on any atom is -0.507 e. The standard InChI is InChI=1S/C19H19NO/c1-13-10-17-18(21)11-15-8-5-9-16(15)19(17)20(13)12-14-6-3-2-4-7-14/h2-4,6-7,10-11,21H,5,8-9,12H2,1H3. The van der Waals surface area contributed by atoms with Gasteiger partial charge in [0.1, 0.15) is 5.75 Å². The van der Waals surface area contributed by atoms with Crippen molar-refractivity contribution in [1.29, 1.82) is 0 Å².